The summed E-state index contributed by atoms with van der Waals surface area (Å²) in [5, 5.41) is 9.96. The Balaban J connectivity index is 1.38. The maximum atomic E-state index is 13.0. The Morgan fingerprint density at radius 3 is 2.48 bits per heavy atom. The average molecular weight is 349 g/mol. The van der Waals surface area contributed by atoms with Crippen molar-refractivity contribution in [3.63, 3.8) is 0 Å². The molecular formula is C19H28FN3O2. The van der Waals surface area contributed by atoms with Gasteiger partial charge in [-0.05, 0) is 50.1 Å². The van der Waals surface area contributed by atoms with E-state index in [0.29, 0.717) is 38.5 Å². The normalized spacial score (nSPS) is 19.4. The molecule has 1 saturated carbocycles. The summed E-state index contributed by atoms with van der Waals surface area (Å²) in [7, 11) is 1.96. The number of anilines is 1. The Morgan fingerprint density at radius 2 is 1.88 bits per heavy atom. The number of hydrogen-bond donors (Lipinski definition) is 1. The van der Waals surface area contributed by atoms with E-state index >= 15 is 0 Å². The molecule has 1 aliphatic heterocycles. The highest BCUT2D eigenvalue weighted by Crippen LogP contribution is 2.32. The van der Waals surface area contributed by atoms with Crippen LogP contribution in [0, 0.1) is 11.7 Å². The largest absolute Gasteiger partial charge is 0.392 e. The molecule has 2 aliphatic rings. The number of piperazine rings is 1. The molecule has 0 spiro atoms. The molecule has 3 rings (SSSR count). The zero-order valence-corrected chi connectivity index (χ0v) is 14.9. The quantitative estimate of drug-likeness (QED) is 0.812. The predicted molar refractivity (Wildman–Crippen MR) is 96.0 cm³/mol. The Kier molecular flexibility index (Phi) is 5.91. The van der Waals surface area contributed by atoms with Gasteiger partial charge >= 0.3 is 0 Å². The number of aliphatic hydroxyl groups is 1. The molecule has 1 N–H and O–H groups in total. The summed E-state index contributed by atoms with van der Waals surface area (Å²) in [6.07, 6.45) is 2.50. The van der Waals surface area contributed by atoms with E-state index in [1.807, 2.05) is 11.9 Å². The summed E-state index contributed by atoms with van der Waals surface area (Å²) in [6, 6.07) is 6.51. The number of aliphatic hydroxyl groups excluding tert-OH is 1. The summed E-state index contributed by atoms with van der Waals surface area (Å²) >= 11 is 0. The van der Waals surface area contributed by atoms with Crippen LogP contribution in [0.4, 0.5) is 10.1 Å². The van der Waals surface area contributed by atoms with Crippen molar-refractivity contribution in [2.45, 2.75) is 25.4 Å². The van der Waals surface area contributed by atoms with Crippen LogP contribution in [0.1, 0.15) is 19.3 Å². The maximum absolute atomic E-state index is 13.0. The molecule has 6 heteroatoms. The number of halogens is 1. The molecule has 25 heavy (non-hydrogen) atoms. The minimum atomic E-state index is -0.251. The molecule has 1 aromatic rings. The van der Waals surface area contributed by atoms with Gasteiger partial charge in [0.1, 0.15) is 5.82 Å². The third-order valence-electron chi connectivity index (χ3n) is 5.20. The van der Waals surface area contributed by atoms with Gasteiger partial charge in [-0.3, -0.25) is 4.79 Å². The number of carbonyl (C=O) groups is 1. The number of rotatable bonds is 7. The Hall–Kier alpha value is -1.66. The van der Waals surface area contributed by atoms with Crippen LogP contribution in [0.25, 0.3) is 0 Å². The number of likely N-dealkylation sites (N-methyl/N-ethyl adjacent to an activating group) is 1. The van der Waals surface area contributed by atoms with Crippen LogP contribution in [-0.4, -0.2) is 73.2 Å². The molecule has 1 amide bonds. The number of hydrogen-bond acceptors (Lipinski definition) is 4. The standard InChI is InChI=1S/C19H28FN3O2/c1-21(14-18(24)15-2-3-15)9-8-19(25)23-12-10-22(11-13-23)17-6-4-16(20)5-7-17/h4-7,15,18,24H,2-3,8-14H2,1H3. The zero-order chi connectivity index (χ0) is 17.8. The Morgan fingerprint density at radius 1 is 1.24 bits per heavy atom. The summed E-state index contributed by atoms with van der Waals surface area (Å²) < 4.78 is 13.0. The van der Waals surface area contributed by atoms with E-state index in [9.17, 15) is 14.3 Å². The van der Waals surface area contributed by atoms with Crippen LogP contribution in [0.3, 0.4) is 0 Å². The first kappa shape index (κ1) is 18.1. The minimum absolute atomic E-state index is 0.173. The molecule has 2 fully saturated rings. The lowest BCUT2D eigenvalue weighted by molar-refractivity contribution is -0.131. The molecule has 0 radical (unpaired) electrons. The van der Waals surface area contributed by atoms with Crippen LogP contribution in [0.15, 0.2) is 24.3 Å². The molecule has 1 atom stereocenters. The molecule has 1 unspecified atom stereocenters. The van der Waals surface area contributed by atoms with Crippen LogP contribution < -0.4 is 4.90 Å². The van der Waals surface area contributed by atoms with E-state index < -0.39 is 0 Å². The summed E-state index contributed by atoms with van der Waals surface area (Å²) in [5.74, 6) is 0.415. The zero-order valence-electron chi connectivity index (χ0n) is 14.9. The molecule has 1 saturated heterocycles. The molecule has 138 valence electrons. The fraction of sp³-hybridized carbons (Fsp3) is 0.632. The fourth-order valence-electron chi connectivity index (χ4n) is 3.35. The monoisotopic (exact) mass is 349 g/mol. The van der Waals surface area contributed by atoms with Crippen molar-refractivity contribution in [1.82, 2.24) is 9.80 Å². The third kappa shape index (κ3) is 5.16. The van der Waals surface area contributed by atoms with Crippen LogP contribution in [0.5, 0.6) is 0 Å². The van der Waals surface area contributed by atoms with Gasteiger partial charge in [-0.15, -0.1) is 0 Å². The van der Waals surface area contributed by atoms with E-state index in [1.165, 1.54) is 12.1 Å². The van der Waals surface area contributed by atoms with Crippen molar-refractivity contribution in [3.05, 3.63) is 30.1 Å². The summed E-state index contributed by atoms with van der Waals surface area (Å²) in [4.78, 5) is 18.5. The molecular weight excluding hydrogens is 321 g/mol. The highest BCUT2D eigenvalue weighted by atomic mass is 19.1. The van der Waals surface area contributed by atoms with Gasteiger partial charge in [0.2, 0.25) is 5.91 Å². The van der Waals surface area contributed by atoms with Crippen LogP contribution in [-0.2, 0) is 4.79 Å². The second-order valence-electron chi connectivity index (χ2n) is 7.26. The van der Waals surface area contributed by atoms with Gasteiger partial charge in [-0.1, -0.05) is 0 Å². The first-order chi connectivity index (χ1) is 12.0. The summed E-state index contributed by atoms with van der Waals surface area (Å²) in [6.45, 7) is 4.27. The van der Waals surface area contributed by atoms with E-state index in [1.54, 1.807) is 12.1 Å². The van der Waals surface area contributed by atoms with Crippen molar-refractivity contribution in [2.24, 2.45) is 5.92 Å². The molecule has 1 aromatic carbocycles. The lowest BCUT2D eigenvalue weighted by atomic mass is 10.2. The number of benzene rings is 1. The molecule has 5 nitrogen and oxygen atoms in total. The van der Waals surface area contributed by atoms with Gasteiger partial charge in [-0.2, -0.15) is 0 Å². The molecule has 1 heterocycles. The van der Waals surface area contributed by atoms with Gasteiger partial charge < -0.3 is 19.8 Å². The van der Waals surface area contributed by atoms with Gasteiger partial charge in [0.25, 0.3) is 0 Å². The van der Waals surface area contributed by atoms with E-state index in [-0.39, 0.29) is 17.8 Å². The molecule has 0 aromatic heterocycles. The van der Waals surface area contributed by atoms with Crippen LogP contribution >= 0.6 is 0 Å². The fourth-order valence-corrected chi connectivity index (χ4v) is 3.35. The lowest BCUT2D eigenvalue weighted by Crippen LogP contribution is -2.49. The van der Waals surface area contributed by atoms with Crippen molar-refractivity contribution in [3.8, 4) is 0 Å². The molecule has 0 bridgehead atoms. The van der Waals surface area contributed by atoms with Crippen molar-refractivity contribution in [2.75, 3.05) is 51.2 Å². The lowest BCUT2D eigenvalue weighted by Gasteiger charge is -2.36. The van der Waals surface area contributed by atoms with E-state index in [2.05, 4.69) is 9.80 Å². The first-order valence-corrected chi connectivity index (χ1v) is 9.18. The molecule has 1 aliphatic carbocycles. The van der Waals surface area contributed by atoms with Crippen molar-refractivity contribution in [1.29, 1.82) is 0 Å². The van der Waals surface area contributed by atoms with E-state index in [4.69, 9.17) is 0 Å². The van der Waals surface area contributed by atoms with Gasteiger partial charge in [-0.25, -0.2) is 4.39 Å². The smallest absolute Gasteiger partial charge is 0.223 e. The Labute approximate surface area is 149 Å². The van der Waals surface area contributed by atoms with Crippen molar-refractivity contribution >= 4 is 11.6 Å². The SMILES string of the molecule is CN(CCC(=O)N1CCN(c2ccc(F)cc2)CC1)CC(O)C1CC1. The second-order valence-corrected chi connectivity index (χ2v) is 7.26. The maximum Gasteiger partial charge on any atom is 0.223 e. The predicted octanol–water partition coefficient (Wildman–Crippen LogP) is 1.57. The average Bonchev–Trinajstić information content (AvgIpc) is 3.46. The van der Waals surface area contributed by atoms with E-state index in [0.717, 1.165) is 31.6 Å². The third-order valence-corrected chi connectivity index (χ3v) is 5.20. The topological polar surface area (TPSA) is 47.0 Å². The Bertz CT molecular complexity index is 569. The van der Waals surface area contributed by atoms with Gasteiger partial charge in [0.05, 0.1) is 6.10 Å². The highest BCUT2D eigenvalue weighted by molar-refractivity contribution is 5.76. The first-order valence-electron chi connectivity index (χ1n) is 9.18. The van der Waals surface area contributed by atoms with Crippen molar-refractivity contribution < 1.29 is 14.3 Å². The van der Waals surface area contributed by atoms with Crippen LogP contribution in [0.2, 0.25) is 0 Å². The number of amides is 1. The minimum Gasteiger partial charge on any atom is -0.392 e. The van der Waals surface area contributed by atoms with Gasteiger partial charge in [0.15, 0.2) is 0 Å². The summed E-state index contributed by atoms with van der Waals surface area (Å²) in [5.41, 5.74) is 1.00. The highest BCUT2D eigenvalue weighted by Gasteiger charge is 2.30. The number of nitrogens with zero attached hydrogens (tertiary/aromatic N) is 3. The second kappa shape index (κ2) is 8.15. The van der Waals surface area contributed by atoms with Gasteiger partial charge in [0, 0.05) is 51.4 Å². The number of carbonyl (C=O) groups excluding carboxylic acids is 1.